The van der Waals surface area contributed by atoms with Gasteiger partial charge in [-0.3, -0.25) is 4.79 Å². The van der Waals surface area contributed by atoms with Crippen molar-refractivity contribution in [1.82, 2.24) is 15.2 Å². The number of benzene rings is 2. The number of phenols is 1. The Morgan fingerprint density at radius 2 is 1.65 bits per heavy atom. The molecule has 4 rings (SSSR count). The van der Waals surface area contributed by atoms with Gasteiger partial charge in [0.2, 0.25) is 15.9 Å². The Labute approximate surface area is 182 Å². The van der Waals surface area contributed by atoms with Crippen LogP contribution in [0.5, 0.6) is 5.75 Å². The van der Waals surface area contributed by atoms with E-state index in [0.717, 1.165) is 31.2 Å². The van der Waals surface area contributed by atoms with Crippen LogP contribution < -0.4 is 16.2 Å². The van der Waals surface area contributed by atoms with Crippen molar-refractivity contribution in [2.75, 3.05) is 18.4 Å². The molecular formula is C22H28N4O4S. The third-order valence-corrected chi connectivity index (χ3v) is 7.77. The molecule has 0 radical (unpaired) electrons. The first-order chi connectivity index (χ1) is 14.9. The second-order valence-electron chi connectivity index (χ2n) is 8.02. The first-order valence-corrected chi connectivity index (χ1v) is 12.1. The summed E-state index contributed by atoms with van der Waals surface area (Å²) in [6, 6.07) is 12.7. The number of nitrogens with one attached hydrogen (secondary N) is 3. The zero-order valence-electron chi connectivity index (χ0n) is 17.3. The number of hydrazine groups is 1. The molecule has 31 heavy (non-hydrogen) atoms. The van der Waals surface area contributed by atoms with Crippen molar-refractivity contribution in [3.63, 3.8) is 0 Å². The highest BCUT2D eigenvalue weighted by Crippen LogP contribution is 2.29. The molecule has 2 heterocycles. The van der Waals surface area contributed by atoms with Crippen molar-refractivity contribution in [3.05, 3.63) is 54.1 Å². The number of hydrogen-bond acceptors (Lipinski definition) is 6. The molecule has 0 bridgehead atoms. The third kappa shape index (κ3) is 4.90. The molecule has 2 unspecified atom stereocenters. The number of nitrogens with zero attached hydrogens (tertiary/aromatic N) is 1. The zero-order chi connectivity index (χ0) is 21.8. The number of aromatic hydroxyl groups is 1. The van der Waals surface area contributed by atoms with E-state index in [4.69, 9.17) is 0 Å². The lowest BCUT2D eigenvalue weighted by molar-refractivity contribution is -0.117. The van der Waals surface area contributed by atoms with E-state index in [1.165, 1.54) is 0 Å². The van der Waals surface area contributed by atoms with Crippen LogP contribution in [0.4, 0.5) is 5.69 Å². The molecule has 2 aromatic carbocycles. The van der Waals surface area contributed by atoms with Crippen LogP contribution in [0.25, 0.3) is 0 Å². The van der Waals surface area contributed by atoms with Gasteiger partial charge in [0.05, 0.1) is 10.9 Å². The predicted molar refractivity (Wildman–Crippen MR) is 118 cm³/mol. The van der Waals surface area contributed by atoms with Gasteiger partial charge in [-0.05, 0) is 49.6 Å². The van der Waals surface area contributed by atoms with E-state index >= 15 is 0 Å². The number of hydrogen-bond donors (Lipinski definition) is 4. The smallest absolute Gasteiger partial charge is 0.243 e. The van der Waals surface area contributed by atoms with Crippen molar-refractivity contribution >= 4 is 21.6 Å². The Morgan fingerprint density at radius 1 is 0.968 bits per heavy atom. The van der Waals surface area contributed by atoms with Gasteiger partial charge in [-0.15, -0.1) is 0 Å². The summed E-state index contributed by atoms with van der Waals surface area (Å²) < 4.78 is 27.3. The topological polar surface area (TPSA) is 111 Å². The fraction of sp³-hybridized carbons (Fsp3) is 0.409. The minimum atomic E-state index is -3.51. The van der Waals surface area contributed by atoms with Gasteiger partial charge in [0.15, 0.2) is 0 Å². The Kier molecular flexibility index (Phi) is 6.57. The summed E-state index contributed by atoms with van der Waals surface area (Å²) in [6.07, 6.45) is 4.37. The molecule has 0 saturated carbocycles. The van der Waals surface area contributed by atoms with E-state index < -0.39 is 16.1 Å². The monoisotopic (exact) mass is 444 g/mol. The lowest BCUT2D eigenvalue weighted by atomic mass is 10.0. The molecule has 2 aromatic rings. The fourth-order valence-corrected chi connectivity index (χ4v) is 5.60. The number of anilines is 1. The molecule has 1 amide bonds. The zero-order valence-corrected chi connectivity index (χ0v) is 18.1. The summed E-state index contributed by atoms with van der Waals surface area (Å²) in [7, 11) is -3.51. The lowest BCUT2D eigenvalue weighted by Crippen LogP contribution is -2.39. The van der Waals surface area contributed by atoms with Gasteiger partial charge in [0.25, 0.3) is 0 Å². The number of carbonyl (C=O) groups excluding carboxylic acids is 1. The van der Waals surface area contributed by atoms with Crippen molar-refractivity contribution < 1.29 is 18.3 Å². The lowest BCUT2D eigenvalue weighted by Gasteiger charge is -2.20. The van der Waals surface area contributed by atoms with Crippen LogP contribution in [0.1, 0.15) is 43.7 Å². The Morgan fingerprint density at radius 3 is 2.32 bits per heavy atom. The van der Waals surface area contributed by atoms with Gasteiger partial charge in [0.1, 0.15) is 11.8 Å². The number of sulfonamides is 1. The van der Waals surface area contributed by atoms with Crippen LogP contribution in [-0.4, -0.2) is 42.9 Å². The minimum Gasteiger partial charge on any atom is -0.508 e. The highest BCUT2D eigenvalue weighted by atomic mass is 32.2. The normalized spacial score (nSPS) is 22.7. The molecular weight excluding hydrogens is 416 g/mol. The van der Waals surface area contributed by atoms with Gasteiger partial charge in [0, 0.05) is 24.3 Å². The van der Waals surface area contributed by atoms with Crippen LogP contribution in [-0.2, 0) is 14.8 Å². The summed E-state index contributed by atoms with van der Waals surface area (Å²) in [6.45, 7) is 1.11. The van der Waals surface area contributed by atoms with E-state index in [2.05, 4.69) is 16.2 Å². The van der Waals surface area contributed by atoms with Crippen molar-refractivity contribution in [3.8, 4) is 5.75 Å². The molecule has 9 heteroatoms. The molecule has 2 saturated heterocycles. The molecule has 4 N–H and O–H groups in total. The molecule has 0 spiro atoms. The molecule has 2 fully saturated rings. The average Bonchev–Trinajstić information content (AvgIpc) is 3.08. The van der Waals surface area contributed by atoms with E-state index in [1.54, 1.807) is 40.7 Å². The summed E-state index contributed by atoms with van der Waals surface area (Å²) in [5.41, 5.74) is 7.27. The first kappa shape index (κ1) is 21.8. The van der Waals surface area contributed by atoms with E-state index in [-0.39, 0.29) is 22.6 Å². The number of para-hydroxylation sites is 1. The summed E-state index contributed by atoms with van der Waals surface area (Å²) in [5, 5.41) is 12.8. The van der Waals surface area contributed by atoms with Crippen molar-refractivity contribution in [1.29, 1.82) is 0 Å². The fourth-order valence-electron chi connectivity index (χ4n) is 4.08. The van der Waals surface area contributed by atoms with Gasteiger partial charge in [-0.25, -0.2) is 19.3 Å². The van der Waals surface area contributed by atoms with Gasteiger partial charge in [-0.2, -0.15) is 4.31 Å². The third-order valence-electron chi connectivity index (χ3n) is 5.86. The van der Waals surface area contributed by atoms with Crippen LogP contribution >= 0.6 is 0 Å². The average molecular weight is 445 g/mol. The number of phenolic OH excluding ortho intramolecular Hbond substituents is 1. The van der Waals surface area contributed by atoms with Gasteiger partial charge < -0.3 is 10.4 Å². The molecule has 2 aliphatic heterocycles. The first-order valence-electron chi connectivity index (χ1n) is 10.7. The molecule has 0 aromatic heterocycles. The second kappa shape index (κ2) is 9.35. The van der Waals surface area contributed by atoms with Crippen LogP contribution in [0, 0.1) is 0 Å². The maximum absolute atomic E-state index is 12.9. The molecule has 8 nitrogen and oxygen atoms in total. The Balaban J connectivity index is 1.38. The summed E-state index contributed by atoms with van der Waals surface area (Å²) in [4.78, 5) is 12.9. The maximum Gasteiger partial charge on any atom is 0.243 e. The largest absolute Gasteiger partial charge is 0.508 e. The standard InChI is InChI=1S/C22H28N4O4S/c27-21-8-4-3-7-18(21)19-15-20(25-24-19)22(28)23-16-9-11-17(12-10-16)31(29,30)26-13-5-1-2-6-14-26/h3-4,7-12,19-20,24-25,27H,1-2,5-6,13-15H2,(H,23,28). The molecule has 2 atom stereocenters. The van der Waals surface area contributed by atoms with E-state index in [9.17, 15) is 18.3 Å². The quantitative estimate of drug-likeness (QED) is 0.564. The molecule has 2 aliphatic rings. The predicted octanol–water partition coefficient (Wildman–Crippen LogP) is 2.50. The number of amides is 1. The second-order valence-corrected chi connectivity index (χ2v) is 9.96. The minimum absolute atomic E-state index is 0.182. The summed E-state index contributed by atoms with van der Waals surface area (Å²) in [5.74, 6) is -0.0439. The number of rotatable bonds is 5. The van der Waals surface area contributed by atoms with Gasteiger partial charge in [-0.1, -0.05) is 31.0 Å². The van der Waals surface area contributed by atoms with E-state index in [0.29, 0.717) is 25.2 Å². The van der Waals surface area contributed by atoms with Crippen LogP contribution in [0.3, 0.4) is 0 Å². The van der Waals surface area contributed by atoms with E-state index in [1.807, 2.05) is 12.1 Å². The van der Waals surface area contributed by atoms with Crippen LogP contribution in [0.15, 0.2) is 53.4 Å². The Bertz CT molecular complexity index is 1020. The Hall–Kier alpha value is -2.46. The highest BCUT2D eigenvalue weighted by molar-refractivity contribution is 7.89. The SMILES string of the molecule is O=C(Nc1ccc(S(=O)(=O)N2CCCCCC2)cc1)C1CC(c2ccccc2O)NN1. The van der Waals surface area contributed by atoms with Crippen LogP contribution in [0.2, 0.25) is 0 Å². The molecule has 166 valence electrons. The highest BCUT2D eigenvalue weighted by Gasteiger charge is 2.31. The summed E-state index contributed by atoms with van der Waals surface area (Å²) >= 11 is 0. The van der Waals surface area contributed by atoms with Gasteiger partial charge >= 0.3 is 0 Å². The van der Waals surface area contributed by atoms with Crippen molar-refractivity contribution in [2.45, 2.75) is 49.1 Å². The van der Waals surface area contributed by atoms with Crippen molar-refractivity contribution in [2.24, 2.45) is 0 Å². The maximum atomic E-state index is 12.9. The number of carbonyl (C=O) groups is 1. The molecule has 0 aliphatic carbocycles.